The predicted octanol–water partition coefficient (Wildman–Crippen LogP) is 3.11. The zero-order chi connectivity index (χ0) is 13.8. The Morgan fingerprint density at radius 2 is 2.05 bits per heavy atom. The summed E-state index contributed by atoms with van der Waals surface area (Å²) >= 11 is 3.49. The lowest BCUT2D eigenvalue weighted by molar-refractivity contribution is 0.281. The van der Waals surface area contributed by atoms with E-state index in [1.165, 1.54) is 6.07 Å². The predicted molar refractivity (Wildman–Crippen MR) is 76.4 cm³/mol. The van der Waals surface area contributed by atoms with E-state index in [0.717, 1.165) is 16.2 Å². The number of rotatable bonds is 4. The summed E-state index contributed by atoms with van der Waals surface area (Å²) in [6.45, 7) is 0.382. The van der Waals surface area contributed by atoms with Crippen LogP contribution in [0.25, 0.3) is 0 Å². The van der Waals surface area contributed by atoms with Gasteiger partial charge in [0, 0.05) is 23.6 Å². The Morgan fingerprint density at radius 3 is 2.74 bits per heavy atom. The average Bonchev–Trinajstić information content (AvgIpc) is 2.41. The summed E-state index contributed by atoms with van der Waals surface area (Å²) in [6.07, 6.45) is 1.16. The molecule has 0 fully saturated rings. The number of benzene rings is 1. The normalized spacial score (nSPS) is 10.5. The molecule has 100 valence electrons. The van der Waals surface area contributed by atoms with Gasteiger partial charge in [0.25, 0.3) is 0 Å². The third-order valence-electron chi connectivity index (χ3n) is 2.81. The molecule has 2 aromatic rings. The van der Waals surface area contributed by atoms with E-state index in [4.69, 9.17) is 0 Å². The second kappa shape index (κ2) is 6.12. The van der Waals surface area contributed by atoms with Crippen LogP contribution in [0.15, 0.2) is 41.0 Å². The number of hydrogen-bond donors (Lipinski definition) is 1. The molecular formula is C14H14BrFN2O. The first kappa shape index (κ1) is 14.0. The summed E-state index contributed by atoms with van der Waals surface area (Å²) in [7, 11) is 1.86. The smallest absolute Gasteiger partial charge is 0.142 e. The monoisotopic (exact) mass is 324 g/mol. The highest BCUT2D eigenvalue weighted by Crippen LogP contribution is 2.22. The van der Waals surface area contributed by atoms with E-state index in [9.17, 15) is 9.50 Å². The molecule has 2 rings (SSSR count). The largest absolute Gasteiger partial charge is 0.392 e. The minimum atomic E-state index is -0.443. The summed E-state index contributed by atoms with van der Waals surface area (Å²) in [5.74, 6) is 0.141. The molecule has 0 aliphatic heterocycles. The van der Waals surface area contributed by atoms with Gasteiger partial charge in [0.05, 0.1) is 12.8 Å². The van der Waals surface area contributed by atoms with Crippen molar-refractivity contribution in [2.45, 2.75) is 13.2 Å². The van der Waals surface area contributed by atoms with Crippen molar-refractivity contribution in [2.75, 3.05) is 11.9 Å². The topological polar surface area (TPSA) is 36.4 Å². The molecule has 0 spiro atoms. The minimum Gasteiger partial charge on any atom is -0.392 e. The van der Waals surface area contributed by atoms with Crippen molar-refractivity contribution in [2.24, 2.45) is 0 Å². The van der Waals surface area contributed by atoms with Crippen molar-refractivity contribution in [1.82, 2.24) is 4.98 Å². The number of hydrogen-bond acceptors (Lipinski definition) is 3. The molecule has 0 atom stereocenters. The summed E-state index contributed by atoms with van der Waals surface area (Å²) in [4.78, 5) is 5.93. The maximum Gasteiger partial charge on any atom is 0.142 e. The fraction of sp³-hybridized carbons (Fsp3) is 0.214. The number of aliphatic hydroxyl groups excluding tert-OH is 1. The van der Waals surface area contributed by atoms with E-state index < -0.39 is 5.82 Å². The molecule has 1 N–H and O–H groups in total. The third-order valence-corrected chi connectivity index (χ3v) is 3.58. The van der Waals surface area contributed by atoms with Crippen LogP contribution in [-0.4, -0.2) is 17.1 Å². The van der Waals surface area contributed by atoms with Gasteiger partial charge in [0.1, 0.15) is 11.6 Å². The van der Waals surface area contributed by atoms with Gasteiger partial charge in [0.15, 0.2) is 0 Å². The van der Waals surface area contributed by atoms with Crippen LogP contribution in [0.5, 0.6) is 0 Å². The lowest BCUT2D eigenvalue weighted by Crippen LogP contribution is -2.20. The molecule has 5 heteroatoms. The molecule has 0 aliphatic carbocycles. The van der Waals surface area contributed by atoms with E-state index in [2.05, 4.69) is 20.9 Å². The van der Waals surface area contributed by atoms with Crippen LogP contribution in [-0.2, 0) is 13.2 Å². The second-order valence-corrected chi connectivity index (χ2v) is 5.10. The molecule has 1 aromatic heterocycles. The molecule has 0 bridgehead atoms. The Kier molecular flexibility index (Phi) is 4.50. The Hall–Kier alpha value is -1.46. The number of pyridine rings is 1. The van der Waals surface area contributed by atoms with E-state index in [1.807, 2.05) is 36.2 Å². The Bertz CT molecular complexity index is 577. The zero-order valence-electron chi connectivity index (χ0n) is 10.5. The summed E-state index contributed by atoms with van der Waals surface area (Å²) < 4.78 is 14.1. The van der Waals surface area contributed by atoms with Gasteiger partial charge in [-0.1, -0.05) is 34.1 Å². The van der Waals surface area contributed by atoms with Crippen LogP contribution >= 0.6 is 15.9 Å². The maximum atomic E-state index is 13.1. The quantitative estimate of drug-likeness (QED) is 0.938. The number of aliphatic hydroxyl groups is 1. The third kappa shape index (κ3) is 3.30. The van der Waals surface area contributed by atoms with E-state index in [0.29, 0.717) is 17.9 Å². The minimum absolute atomic E-state index is 0.236. The van der Waals surface area contributed by atoms with Crippen LogP contribution < -0.4 is 4.90 Å². The SMILES string of the molecule is CN(Cc1ccccc1Br)c1ncc(F)cc1CO. The van der Waals surface area contributed by atoms with Gasteiger partial charge in [-0.15, -0.1) is 0 Å². The summed E-state index contributed by atoms with van der Waals surface area (Å²) in [5, 5.41) is 9.27. The fourth-order valence-corrected chi connectivity index (χ4v) is 2.30. The van der Waals surface area contributed by atoms with Gasteiger partial charge in [-0.2, -0.15) is 0 Å². The first-order valence-corrected chi connectivity index (χ1v) is 6.61. The van der Waals surface area contributed by atoms with Gasteiger partial charge >= 0.3 is 0 Å². The van der Waals surface area contributed by atoms with Crippen molar-refractivity contribution in [1.29, 1.82) is 0 Å². The van der Waals surface area contributed by atoms with Crippen molar-refractivity contribution in [3.05, 3.63) is 57.9 Å². The molecule has 0 saturated heterocycles. The molecule has 3 nitrogen and oxygen atoms in total. The van der Waals surface area contributed by atoms with Crippen molar-refractivity contribution in [3.8, 4) is 0 Å². The van der Waals surface area contributed by atoms with Crippen LogP contribution in [0.2, 0.25) is 0 Å². The molecule has 0 amide bonds. The summed E-state index contributed by atoms with van der Waals surface area (Å²) in [6, 6.07) is 9.18. The highest BCUT2D eigenvalue weighted by Gasteiger charge is 2.11. The van der Waals surface area contributed by atoms with Crippen molar-refractivity contribution >= 4 is 21.7 Å². The van der Waals surface area contributed by atoms with Gasteiger partial charge in [-0.25, -0.2) is 9.37 Å². The van der Waals surface area contributed by atoms with Crippen LogP contribution in [0.3, 0.4) is 0 Å². The molecule has 0 unspecified atom stereocenters. The van der Waals surface area contributed by atoms with Crippen LogP contribution in [0, 0.1) is 5.82 Å². The van der Waals surface area contributed by atoms with E-state index in [-0.39, 0.29) is 6.61 Å². The fourth-order valence-electron chi connectivity index (χ4n) is 1.89. The van der Waals surface area contributed by atoms with Gasteiger partial charge in [-0.3, -0.25) is 0 Å². The lowest BCUT2D eigenvalue weighted by atomic mass is 10.2. The lowest BCUT2D eigenvalue weighted by Gasteiger charge is -2.21. The molecule has 0 radical (unpaired) electrons. The highest BCUT2D eigenvalue weighted by molar-refractivity contribution is 9.10. The highest BCUT2D eigenvalue weighted by atomic mass is 79.9. The molecule has 1 aromatic carbocycles. The average molecular weight is 325 g/mol. The van der Waals surface area contributed by atoms with Gasteiger partial charge in [0.2, 0.25) is 0 Å². The Labute approximate surface area is 119 Å². The maximum absolute atomic E-state index is 13.1. The molecule has 0 aliphatic rings. The number of anilines is 1. The summed E-state index contributed by atoms with van der Waals surface area (Å²) in [5.41, 5.74) is 1.58. The van der Waals surface area contributed by atoms with Gasteiger partial charge < -0.3 is 10.0 Å². The van der Waals surface area contributed by atoms with E-state index in [1.54, 1.807) is 0 Å². The number of halogens is 2. The van der Waals surface area contributed by atoms with Crippen molar-refractivity contribution in [3.63, 3.8) is 0 Å². The standard InChI is InChI=1S/C14H14BrFN2O/c1-18(8-10-4-2-3-5-13(10)15)14-11(9-19)6-12(16)7-17-14/h2-7,19H,8-9H2,1H3. The molecule has 19 heavy (non-hydrogen) atoms. The van der Waals surface area contributed by atoms with Gasteiger partial charge in [-0.05, 0) is 17.7 Å². The number of aromatic nitrogens is 1. The second-order valence-electron chi connectivity index (χ2n) is 4.24. The van der Waals surface area contributed by atoms with Crippen LogP contribution in [0.1, 0.15) is 11.1 Å². The van der Waals surface area contributed by atoms with E-state index >= 15 is 0 Å². The molecule has 0 saturated carbocycles. The Morgan fingerprint density at radius 1 is 1.32 bits per heavy atom. The van der Waals surface area contributed by atoms with Crippen molar-refractivity contribution < 1.29 is 9.50 Å². The Balaban J connectivity index is 2.25. The number of nitrogens with zero attached hydrogens (tertiary/aromatic N) is 2. The molecular weight excluding hydrogens is 311 g/mol. The first-order valence-electron chi connectivity index (χ1n) is 5.81. The van der Waals surface area contributed by atoms with Crippen LogP contribution in [0.4, 0.5) is 10.2 Å². The molecule has 1 heterocycles. The zero-order valence-corrected chi connectivity index (χ0v) is 12.1. The first-order chi connectivity index (χ1) is 9.11.